The van der Waals surface area contributed by atoms with Gasteiger partial charge in [-0.25, -0.2) is 0 Å². The smallest absolute Gasteiger partial charge is 0.352 e. The summed E-state index contributed by atoms with van der Waals surface area (Å²) in [7, 11) is 0.480. The lowest BCUT2D eigenvalue weighted by Crippen LogP contribution is -2.23. The number of hydrogen-bond acceptors (Lipinski definition) is 1. The number of likely N-dealkylation sites (N-methyl/N-ethyl adjacent to an activating group) is 1. The lowest BCUT2D eigenvalue weighted by atomic mass is 9.80. The molecule has 0 aliphatic heterocycles. The topological polar surface area (TPSA) is 3.24 Å². The fourth-order valence-corrected chi connectivity index (χ4v) is 4.23. The van der Waals surface area contributed by atoms with Crippen molar-refractivity contribution >= 4 is 20.9 Å². The first kappa shape index (κ1) is 27.6. The van der Waals surface area contributed by atoms with Crippen molar-refractivity contribution in [3.63, 3.8) is 0 Å². The summed E-state index contributed by atoms with van der Waals surface area (Å²) in [5.41, 5.74) is 2.77. The molecule has 1 unspecified atom stereocenters. The molecule has 0 saturated carbocycles. The van der Waals surface area contributed by atoms with Gasteiger partial charge in [0.05, 0.1) is 5.56 Å². The Bertz CT molecular complexity index is 1030. The summed E-state index contributed by atoms with van der Waals surface area (Å²) in [5, 5.41) is 0. The predicted molar refractivity (Wildman–Crippen MR) is 138 cm³/mol. The summed E-state index contributed by atoms with van der Waals surface area (Å²) in [6.45, 7) is 16.2. The highest BCUT2D eigenvalue weighted by Gasteiger charge is 2.31. The van der Waals surface area contributed by atoms with Crippen molar-refractivity contribution in [2.45, 2.75) is 50.6 Å². The van der Waals surface area contributed by atoms with Gasteiger partial charge in [-0.15, -0.1) is 0 Å². The van der Waals surface area contributed by atoms with Crippen LogP contribution < -0.4 is 0 Å². The second kappa shape index (κ2) is 11.0. The van der Waals surface area contributed by atoms with Crippen molar-refractivity contribution in [2.24, 2.45) is 0 Å². The van der Waals surface area contributed by atoms with E-state index in [2.05, 4.69) is 37.9 Å². The van der Waals surface area contributed by atoms with Crippen LogP contribution in [0.25, 0.3) is 0 Å². The summed E-state index contributed by atoms with van der Waals surface area (Å²) in [5.74, 6) is 8.13. The predicted octanol–water partition coefficient (Wildman–Crippen LogP) is 8.26. The summed E-state index contributed by atoms with van der Waals surface area (Å²) < 4.78 is 39.1. The Morgan fingerprint density at radius 2 is 1.50 bits per heavy atom. The third-order valence-electron chi connectivity index (χ3n) is 5.41. The Kier molecular flexibility index (Phi) is 9.46. The zero-order chi connectivity index (χ0) is 24.9. The molecule has 0 radical (unpaired) electrons. The van der Waals surface area contributed by atoms with Crippen LogP contribution in [0, 0.1) is 0 Å². The van der Waals surface area contributed by atoms with Gasteiger partial charge in [-0.05, 0) is 59.4 Å². The monoisotopic (exact) mass is 463 g/mol. The molecular formula is C27H36F3NS. The van der Waals surface area contributed by atoms with E-state index in [4.69, 9.17) is 0 Å². The van der Waals surface area contributed by atoms with Gasteiger partial charge in [0.1, 0.15) is 0 Å². The van der Waals surface area contributed by atoms with Gasteiger partial charge in [-0.3, -0.25) is 0 Å². The fraction of sp³-hybridized carbons (Fsp3) is 0.333. The first-order chi connectivity index (χ1) is 14.7. The van der Waals surface area contributed by atoms with Crippen LogP contribution in [0.15, 0.2) is 78.0 Å². The molecule has 2 aromatic carbocycles. The van der Waals surface area contributed by atoms with Gasteiger partial charge in [0.2, 0.25) is 0 Å². The molecule has 2 atom stereocenters. The van der Waals surface area contributed by atoms with Gasteiger partial charge in [0, 0.05) is 24.4 Å². The lowest BCUT2D eigenvalue weighted by molar-refractivity contribution is -0.137. The van der Waals surface area contributed by atoms with Crippen LogP contribution >= 0.6 is 9.21 Å². The molecule has 5 heteroatoms. The molecule has 0 N–H and O–H groups in total. The molecule has 0 amide bonds. The summed E-state index contributed by atoms with van der Waals surface area (Å²) in [6, 6.07) is 13.5. The van der Waals surface area contributed by atoms with Crippen LogP contribution in [-0.2, 0) is 6.18 Å². The van der Waals surface area contributed by atoms with Crippen LogP contribution in [0.3, 0.4) is 0 Å². The molecular weight excluding hydrogens is 427 g/mol. The van der Waals surface area contributed by atoms with Gasteiger partial charge in [-0.1, -0.05) is 69.9 Å². The minimum Gasteiger partial charge on any atom is -0.352 e. The maximum atomic E-state index is 13.0. The summed E-state index contributed by atoms with van der Waals surface area (Å²) in [4.78, 5) is 2.97. The van der Waals surface area contributed by atoms with Crippen molar-refractivity contribution in [3.8, 4) is 0 Å². The molecule has 0 heterocycles. The van der Waals surface area contributed by atoms with Crippen molar-refractivity contribution in [3.05, 3.63) is 89.8 Å². The van der Waals surface area contributed by atoms with Gasteiger partial charge < -0.3 is 4.90 Å². The molecule has 32 heavy (non-hydrogen) atoms. The SMILES string of the molecule is C=C(C)N(C)C(=C)[C@H](c1ccc(C(F)(F)F)cc1)C(C)c1cccc(S(=C)(=C)C)c1.CC. The summed E-state index contributed by atoms with van der Waals surface area (Å²) in [6.07, 6.45) is -2.34. The number of halogens is 3. The largest absolute Gasteiger partial charge is 0.416 e. The van der Waals surface area contributed by atoms with Crippen molar-refractivity contribution in [1.82, 2.24) is 4.90 Å². The van der Waals surface area contributed by atoms with Gasteiger partial charge in [-0.2, -0.15) is 22.4 Å². The number of allylic oxidation sites excluding steroid dienone is 2. The number of hydrogen-bond donors (Lipinski definition) is 0. The van der Waals surface area contributed by atoms with Crippen LogP contribution in [-0.4, -0.2) is 29.9 Å². The molecule has 0 aliphatic rings. The normalized spacial score (nSPS) is 13.4. The zero-order valence-corrected chi connectivity index (χ0v) is 20.9. The molecule has 0 bridgehead atoms. The third-order valence-corrected chi connectivity index (χ3v) is 6.80. The van der Waals surface area contributed by atoms with E-state index < -0.39 is 20.9 Å². The highest BCUT2D eigenvalue weighted by Crippen LogP contribution is 2.42. The van der Waals surface area contributed by atoms with E-state index in [0.717, 1.165) is 39.5 Å². The Morgan fingerprint density at radius 3 is 1.94 bits per heavy atom. The number of benzene rings is 2. The molecule has 0 fully saturated rings. The van der Waals surface area contributed by atoms with E-state index in [1.807, 2.05) is 57.2 Å². The Hall–Kier alpha value is -2.40. The van der Waals surface area contributed by atoms with E-state index >= 15 is 0 Å². The maximum absolute atomic E-state index is 13.0. The van der Waals surface area contributed by atoms with Crippen LogP contribution in [0.4, 0.5) is 13.2 Å². The second-order valence-corrected chi connectivity index (χ2v) is 11.0. The third kappa shape index (κ3) is 6.80. The van der Waals surface area contributed by atoms with E-state index in [-0.39, 0.29) is 11.8 Å². The Morgan fingerprint density at radius 1 is 0.969 bits per heavy atom. The van der Waals surface area contributed by atoms with Gasteiger partial charge in [0.25, 0.3) is 0 Å². The highest BCUT2D eigenvalue weighted by atomic mass is 32.2. The molecule has 0 spiro atoms. The average Bonchev–Trinajstić information content (AvgIpc) is 2.73. The quantitative estimate of drug-likeness (QED) is 0.374. The Balaban J connectivity index is 0.00000249. The molecule has 176 valence electrons. The first-order valence-corrected chi connectivity index (χ1v) is 12.9. The van der Waals surface area contributed by atoms with Crippen molar-refractivity contribution in [1.29, 1.82) is 0 Å². The number of nitrogens with zero attached hydrogens (tertiary/aromatic N) is 1. The van der Waals surface area contributed by atoms with Gasteiger partial charge >= 0.3 is 6.18 Å². The van der Waals surface area contributed by atoms with E-state index in [0.29, 0.717) is 0 Å². The fourth-order valence-electron chi connectivity index (χ4n) is 3.40. The first-order valence-electron chi connectivity index (χ1n) is 10.5. The Labute approximate surface area is 192 Å². The van der Waals surface area contributed by atoms with Crippen LogP contribution in [0.1, 0.15) is 56.2 Å². The van der Waals surface area contributed by atoms with Crippen LogP contribution in [0.5, 0.6) is 0 Å². The van der Waals surface area contributed by atoms with Gasteiger partial charge in [0.15, 0.2) is 0 Å². The van der Waals surface area contributed by atoms with E-state index in [1.54, 1.807) is 12.1 Å². The molecule has 0 aromatic heterocycles. The number of alkyl halides is 3. The standard InChI is InChI=1S/C25H30F3NS.C2H6/c1-17(2)29(5)19(4)24(20-12-14-22(15-13-20)25(26,27)28)18(3)21-10-9-11-23(16-21)30(6,7)8;1-2/h9-16,18,24H,1,4,6-7H2,2-3,5,8H3;1-2H3/t18?,24-;/m1./s1. The van der Waals surface area contributed by atoms with Crippen LogP contribution in [0.2, 0.25) is 0 Å². The molecule has 2 aromatic rings. The van der Waals surface area contributed by atoms with Crippen molar-refractivity contribution < 1.29 is 13.2 Å². The highest BCUT2D eigenvalue weighted by molar-refractivity contribution is 8.27. The van der Waals surface area contributed by atoms with Crippen molar-refractivity contribution in [2.75, 3.05) is 13.3 Å². The average molecular weight is 464 g/mol. The zero-order valence-electron chi connectivity index (χ0n) is 20.1. The second-order valence-electron chi connectivity index (χ2n) is 8.02. The number of rotatable bonds is 7. The molecule has 1 nitrogen and oxygen atoms in total. The maximum Gasteiger partial charge on any atom is 0.416 e. The molecule has 2 rings (SSSR count). The summed E-state index contributed by atoms with van der Waals surface area (Å²) >= 11 is 0. The minimum absolute atomic E-state index is 0.0299. The molecule has 0 saturated heterocycles. The van der Waals surface area contributed by atoms with E-state index in [9.17, 15) is 13.2 Å². The van der Waals surface area contributed by atoms with E-state index in [1.165, 1.54) is 0 Å². The molecule has 0 aliphatic carbocycles. The lowest BCUT2D eigenvalue weighted by Gasteiger charge is -2.33. The minimum atomic E-state index is -4.37.